The third kappa shape index (κ3) is 3.80. The van der Waals surface area contributed by atoms with E-state index in [4.69, 9.17) is 0 Å². The van der Waals surface area contributed by atoms with E-state index in [1.165, 1.54) is 4.90 Å². The van der Waals surface area contributed by atoms with Crippen LogP contribution in [0.4, 0.5) is 15.3 Å². The molecule has 3 atom stereocenters. The summed E-state index contributed by atoms with van der Waals surface area (Å²) in [6.07, 6.45) is 2.48. The summed E-state index contributed by atoms with van der Waals surface area (Å²) < 4.78 is 0. The van der Waals surface area contributed by atoms with Gasteiger partial charge in [-0.05, 0) is 24.1 Å². The SMILES string of the molecule is O=C(Nc1cccnc1-c1ccccc1)N1CCN2C(=O)N([C@H]3C[C@@H]3c3ccccc3)C(=O)C2C1. The van der Waals surface area contributed by atoms with E-state index in [2.05, 4.69) is 10.3 Å². The van der Waals surface area contributed by atoms with Crippen LogP contribution in [0, 0.1) is 0 Å². The van der Waals surface area contributed by atoms with Crippen LogP contribution in [0.15, 0.2) is 79.0 Å². The van der Waals surface area contributed by atoms with E-state index in [9.17, 15) is 14.4 Å². The molecule has 0 radical (unpaired) electrons. The average Bonchev–Trinajstić information content (AvgIpc) is 3.65. The van der Waals surface area contributed by atoms with Gasteiger partial charge in [-0.15, -0.1) is 0 Å². The zero-order valence-electron chi connectivity index (χ0n) is 19.1. The second-order valence-corrected chi connectivity index (χ2v) is 9.16. The highest BCUT2D eigenvalue weighted by Gasteiger charge is 2.56. The molecule has 1 aliphatic carbocycles. The predicted molar refractivity (Wildman–Crippen MR) is 131 cm³/mol. The lowest BCUT2D eigenvalue weighted by Gasteiger charge is -2.35. The van der Waals surface area contributed by atoms with Gasteiger partial charge in [-0.25, -0.2) is 9.59 Å². The molecular formula is C27H25N5O3. The fourth-order valence-electron chi connectivity index (χ4n) is 5.16. The number of nitrogens with one attached hydrogen (secondary N) is 1. The normalized spacial score (nSPS) is 23.3. The van der Waals surface area contributed by atoms with Gasteiger partial charge in [0.15, 0.2) is 0 Å². The van der Waals surface area contributed by atoms with E-state index in [-0.39, 0.29) is 36.5 Å². The second kappa shape index (κ2) is 8.54. The summed E-state index contributed by atoms with van der Waals surface area (Å²) in [6.45, 7) is 0.875. The smallest absolute Gasteiger partial charge is 0.320 e. The van der Waals surface area contributed by atoms with Crippen LogP contribution in [0.1, 0.15) is 17.9 Å². The van der Waals surface area contributed by atoms with Crippen molar-refractivity contribution in [3.8, 4) is 11.3 Å². The lowest BCUT2D eigenvalue weighted by molar-refractivity contribution is -0.129. The van der Waals surface area contributed by atoms with Gasteiger partial charge >= 0.3 is 12.1 Å². The maximum atomic E-state index is 13.3. The van der Waals surface area contributed by atoms with Crippen LogP contribution < -0.4 is 5.32 Å². The van der Waals surface area contributed by atoms with Gasteiger partial charge in [-0.2, -0.15) is 0 Å². The summed E-state index contributed by atoms with van der Waals surface area (Å²) in [5, 5.41) is 2.96. The Bertz CT molecular complexity index is 1280. The van der Waals surface area contributed by atoms with Crippen molar-refractivity contribution in [1.82, 2.24) is 19.7 Å². The first kappa shape index (κ1) is 21.3. The number of carbonyl (C=O) groups is 3. The maximum Gasteiger partial charge on any atom is 0.327 e. The quantitative estimate of drug-likeness (QED) is 0.592. The van der Waals surface area contributed by atoms with Crippen molar-refractivity contribution in [3.05, 3.63) is 84.6 Å². The number of fused-ring (bicyclic) bond motifs is 1. The van der Waals surface area contributed by atoms with Crippen molar-refractivity contribution >= 4 is 23.7 Å². The molecule has 6 rings (SSSR count). The molecule has 1 unspecified atom stereocenters. The van der Waals surface area contributed by atoms with Crippen molar-refractivity contribution in [1.29, 1.82) is 0 Å². The number of rotatable bonds is 4. The Morgan fingerprint density at radius 2 is 1.66 bits per heavy atom. The number of hydrogen-bond donors (Lipinski definition) is 1. The molecule has 3 aromatic rings. The van der Waals surface area contributed by atoms with Gasteiger partial charge in [0, 0.05) is 36.8 Å². The zero-order valence-corrected chi connectivity index (χ0v) is 19.1. The first-order valence-electron chi connectivity index (χ1n) is 11.9. The fourth-order valence-corrected chi connectivity index (χ4v) is 5.16. The van der Waals surface area contributed by atoms with Crippen LogP contribution in [0.25, 0.3) is 11.3 Å². The van der Waals surface area contributed by atoms with Crippen molar-refractivity contribution < 1.29 is 14.4 Å². The Morgan fingerprint density at radius 3 is 2.43 bits per heavy atom. The van der Waals surface area contributed by atoms with Crippen LogP contribution in [-0.4, -0.2) is 69.4 Å². The number of imide groups is 1. The Hall–Kier alpha value is -4.20. The molecule has 1 saturated carbocycles. The molecule has 0 bridgehead atoms. The maximum absolute atomic E-state index is 13.3. The monoisotopic (exact) mass is 467 g/mol. The molecule has 5 amide bonds. The van der Waals surface area contributed by atoms with Gasteiger partial charge < -0.3 is 15.1 Å². The standard InChI is InChI=1S/C27H25N5O3/c33-25-23-17-30(26(34)29-21-12-7-13-28-24(21)19-10-5-2-6-11-19)14-15-31(23)27(35)32(25)22-16-20(22)18-8-3-1-4-9-18/h1-13,20,22-23H,14-17H2,(H,29,34)/t20-,22+,23?/m1/s1. The largest absolute Gasteiger partial charge is 0.327 e. The number of anilines is 1. The van der Waals surface area contributed by atoms with Crippen LogP contribution in [-0.2, 0) is 4.79 Å². The fraction of sp³-hybridized carbons (Fsp3) is 0.259. The summed E-state index contributed by atoms with van der Waals surface area (Å²) in [7, 11) is 0. The first-order chi connectivity index (χ1) is 17.1. The number of urea groups is 2. The van der Waals surface area contributed by atoms with E-state index in [0.717, 1.165) is 17.5 Å². The molecule has 0 spiro atoms. The third-order valence-corrected chi connectivity index (χ3v) is 7.05. The number of pyridine rings is 1. The number of piperazine rings is 1. The second-order valence-electron chi connectivity index (χ2n) is 9.16. The van der Waals surface area contributed by atoms with Gasteiger partial charge in [0.25, 0.3) is 5.91 Å². The van der Waals surface area contributed by atoms with Crippen molar-refractivity contribution in [2.24, 2.45) is 0 Å². The van der Waals surface area contributed by atoms with E-state index in [1.807, 2.05) is 66.7 Å². The number of benzene rings is 2. The Labute approximate surface area is 203 Å². The predicted octanol–water partition coefficient (Wildman–Crippen LogP) is 3.79. The molecule has 176 valence electrons. The topological polar surface area (TPSA) is 85.8 Å². The van der Waals surface area contributed by atoms with E-state index < -0.39 is 6.04 Å². The van der Waals surface area contributed by atoms with Crippen molar-refractivity contribution in [2.45, 2.75) is 24.4 Å². The Morgan fingerprint density at radius 1 is 0.914 bits per heavy atom. The van der Waals surface area contributed by atoms with Gasteiger partial charge in [0.05, 0.1) is 17.9 Å². The van der Waals surface area contributed by atoms with Gasteiger partial charge in [0.1, 0.15) is 6.04 Å². The Balaban J connectivity index is 1.15. The highest BCUT2D eigenvalue weighted by atomic mass is 16.2. The lowest BCUT2D eigenvalue weighted by Crippen LogP contribution is -2.55. The molecule has 35 heavy (non-hydrogen) atoms. The number of nitrogens with zero attached hydrogens (tertiary/aromatic N) is 4. The number of amides is 5. The molecule has 3 heterocycles. The molecular weight excluding hydrogens is 442 g/mol. The number of aromatic nitrogens is 1. The van der Waals surface area contributed by atoms with E-state index >= 15 is 0 Å². The number of hydrogen-bond acceptors (Lipinski definition) is 4. The van der Waals surface area contributed by atoms with E-state index in [1.54, 1.807) is 22.1 Å². The molecule has 3 fully saturated rings. The molecule has 3 aliphatic rings. The lowest BCUT2D eigenvalue weighted by atomic mass is 10.1. The summed E-state index contributed by atoms with van der Waals surface area (Å²) in [6, 6.07) is 21.9. The van der Waals surface area contributed by atoms with Crippen LogP contribution in [0.3, 0.4) is 0 Å². The minimum Gasteiger partial charge on any atom is -0.320 e. The van der Waals surface area contributed by atoms with Crippen LogP contribution in [0.5, 0.6) is 0 Å². The highest BCUT2D eigenvalue weighted by Crippen LogP contribution is 2.46. The molecule has 8 heteroatoms. The third-order valence-electron chi connectivity index (χ3n) is 7.05. The number of carbonyl (C=O) groups excluding carboxylic acids is 3. The van der Waals surface area contributed by atoms with Crippen LogP contribution >= 0.6 is 0 Å². The highest BCUT2D eigenvalue weighted by molar-refractivity contribution is 6.06. The summed E-state index contributed by atoms with van der Waals surface area (Å²) >= 11 is 0. The molecule has 1 N–H and O–H groups in total. The summed E-state index contributed by atoms with van der Waals surface area (Å²) in [5.74, 6) is -0.0193. The summed E-state index contributed by atoms with van der Waals surface area (Å²) in [5.41, 5.74) is 3.33. The molecule has 8 nitrogen and oxygen atoms in total. The first-order valence-corrected chi connectivity index (χ1v) is 11.9. The summed E-state index contributed by atoms with van der Waals surface area (Å²) in [4.78, 5) is 48.6. The van der Waals surface area contributed by atoms with Gasteiger partial charge in [-0.3, -0.25) is 14.7 Å². The molecule has 2 saturated heterocycles. The van der Waals surface area contributed by atoms with Crippen molar-refractivity contribution in [2.75, 3.05) is 25.0 Å². The van der Waals surface area contributed by atoms with Crippen molar-refractivity contribution in [3.63, 3.8) is 0 Å². The minimum absolute atomic E-state index is 0.103. The van der Waals surface area contributed by atoms with Gasteiger partial charge in [0.2, 0.25) is 0 Å². The zero-order chi connectivity index (χ0) is 23.9. The van der Waals surface area contributed by atoms with E-state index in [0.29, 0.717) is 24.5 Å². The Kier molecular flexibility index (Phi) is 5.21. The minimum atomic E-state index is -0.637. The van der Waals surface area contributed by atoms with Crippen LogP contribution in [0.2, 0.25) is 0 Å². The molecule has 2 aliphatic heterocycles. The molecule has 1 aromatic heterocycles. The average molecular weight is 468 g/mol. The molecule has 2 aromatic carbocycles. The van der Waals surface area contributed by atoms with Gasteiger partial charge in [-0.1, -0.05) is 60.7 Å².